The first-order chi connectivity index (χ1) is 10.2. The maximum atomic E-state index is 4.40. The van der Waals surface area contributed by atoms with Crippen molar-refractivity contribution >= 4 is 5.69 Å². The molecule has 0 aliphatic carbocycles. The Labute approximate surface area is 127 Å². The Hall–Kier alpha value is -1.81. The van der Waals surface area contributed by atoms with E-state index in [1.54, 1.807) is 0 Å². The van der Waals surface area contributed by atoms with Gasteiger partial charge in [-0.25, -0.2) is 0 Å². The van der Waals surface area contributed by atoms with Crippen LogP contribution in [0, 0.1) is 0 Å². The lowest BCUT2D eigenvalue weighted by molar-refractivity contribution is 0.596. The van der Waals surface area contributed by atoms with Crippen LogP contribution in [0.2, 0.25) is 0 Å². The molecular formula is C17H26N4. The maximum Gasteiger partial charge on any atom is 0.0607 e. The Morgan fingerprint density at radius 3 is 2.38 bits per heavy atom. The van der Waals surface area contributed by atoms with Gasteiger partial charge in [-0.2, -0.15) is 5.10 Å². The van der Waals surface area contributed by atoms with E-state index in [1.807, 2.05) is 10.9 Å². The summed E-state index contributed by atoms with van der Waals surface area (Å²) in [7, 11) is 4.13. The topological polar surface area (TPSA) is 33.1 Å². The fourth-order valence-corrected chi connectivity index (χ4v) is 2.38. The van der Waals surface area contributed by atoms with E-state index in [2.05, 4.69) is 73.7 Å². The lowest BCUT2D eigenvalue weighted by Crippen LogP contribution is -2.23. The molecule has 1 aromatic heterocycles. The van der Waals surface area contributed by atoms with E-state index in [9.17, 15) is 0 Å². The number of aromatic nitrogens is 2. The number of hydrogen-bond donors (Lipinski definition) is 1. The zero-order chi connectivity index (χ0) is 15.2. The van der Waals surface area contributed by atoms with Crippen LogP contribution >= 0.6 is 0 Å². The van der Waals surface area contributed by atoms with Gasteiger partial charge in [0, 0.05) is 38.1 Å². The van der Waals surface area contributed by atoms with Gasteiger partial charge in [0.25, 0.3) is 0 Å². The molecule has 0 spiro atoms. The van der Waals surface area contributed by atoms with E-state index in [1.165, 1.54) is 16.8 Å². The normalized spacial score (nSPS) is 12.4. The summed E-state index contributed by atoms with van der Waals surface area (Å²) in [5, 5.41) is 8.02. The van der Waals surface area contributed by atoms with Crippen molar-refractivity contribution in [1.82, 2.24) is 15.1 Å². The molecule has 1 aromatic carbocycles. The summed E-state index contributed by atoms with van der Waals surface area (Å²) in [6, 6.07) is 8.94. The first-order valence-corrected chi connectivity index (χ1v) is 7.68. The van der Waals surface area contributed by atoms with Gasteiger partial charge in [-0.15, -0.1) is 0 Å². The molecule has 1 N–H and O–H groups in total. The van der Waals surface area contributed by atoms with Gasteiger partial charge < -0.3 is 10.2 Å². The molecule has 4 nitrogen and oxygen atoms in total. The second kappa shape index (κ2) is 7.27. The van der Waals surface area contributed by atoms with Crippen molar-refractivity contribution in [2.24, 2.45) is 0 Å². The van der Waals surface area contributed by atoms with Gasteiger partial charge in [-0.1, -0.05) is 19.1 Å². The van der Waals surface area contributed by atoms with Crippen LogP contribution in [0.1, 0.15) is 37.4 Å². The summed E-state index contributed by atoms with van der Waals surface area (Å²) in [5.74, 6) is 0. The quantitative estimate of drug-likeness (QED) is 0.849. The summed E-state index contributed by atoms with van der Waals surface area (Å²) in [6.07, 6.45) is 5.22. The summed E-state index contributed by atoms with van der Waals surface area (Å²) in [6.45, 7) is 6.20. The van der Waals surface area contributed by atoms with Crippen molar-refractivity contribution in [1.29, 1.82) is 0 Å². The molecule has 0 amide bonds. The maximum absolute atomic E-state index is 4.40. The fourth-order valence-electron chi connectivity index (χ4n) is 2.38. The third kappa shape index (κ3) is 3.85. The van der Waals surface area contributed by atoms with Crippen LogP contribution in [0.25, 0.3) is 0 Å². The molecule has 0 fully saturated rings. The van der Waals surface area contributed by atoms with Gasteiger partial charge >= 0.3 is 0 Å². The van der Waals surface area contributed by atoms with E-state index < -0.39 is 0 Å². The van der Waals surface area contributed by atoms with Gasteiger partial charge in [-0.05, 0) is 37.6 Å². The minimum absolute atomic E-state index is 0.210. The average molecular weight is 286 g/mol. The monoisotopic (exact) mass is 286 g/mol. The van der Waals surface area contributed by atoms with Crippen LogP contribution < -0.4 is 10.2 Å². The number of rotatable bonds is 7. The van der Waals surface area contributed by atoms with E-state index in [0.29, 0.717) is 0 Å². The Morgan fingerprint density at radius 2 is 1.86 bits per heavy atom. The van der Waals surface area contributed by atoms with Crippen LogP contribution in [0.15, 0.2) is 36.7 Å². The zero-order valence-corrected chi connectivity index (χ0v) is 13.5. The first-order valence-electron chi connectivity index (χ1n) is 7.68. The van der Waals surface area contributed by atoms with Crippen molar-refractivity contribution in [2.75, 3.05) is 25.5 Å². The number of benzene rings is 1. The molecular weight excluding hydrogens is 260 g/mol. The third-order valence-electron chi connectivity index (χ3n) is 3.65. The number of nitrogens with one attached hydrogen (secondary N) is 1. The van der Waals surface area contributed by atoms with E-state index in [-0.39, 0.29) is 6.04 Å². The molecule has 2 aromatic rings. The van der Waals surface area contributed by atoms with Gasteiger partial charge in [0.05, 0.1) is 12.2 Å². The Morgan fingerprint density at radius 1 is 1.14 bits per heavy atom. The number of hydrogen-bond acceptors (Lipinski definition) is 3. The largest absolute Gasteiger partial charge is 0.378 e. The second-order valence-corrected chi connectivity index (χ2v) is 5.50. The van der Waals surface area contributed by atoms with Crippen LogP contribution in [0.5, 0.6) is 0 Å². The summed E-state index contributed by atoms with van der Waals surface area (Å²) >= 11 is 0. The van der Waals surface area contributed by atoms with Crippen molar-refractivity contribution in [3.05, 3.63) is 47.8 Å². The van der Waals surface area contributed by atoms with Gasteiger partial charge in [0.1, 0.15) is 0 Å². The Bertz CT molecular complexity index is 542. The fraction of sp³-hybridized carbons (Fsp3) is 0.471. The first kappa shape index (κ1) is 15.6. The molecule has 21 heavy (non-hydrogen) atoms. The summed E-state index contributed by atoms with van der Waals surface area (Å²) in [5.41, 5.74) is 3.73. The summed E-state index contributed by atoms with van der Waals surface area (Å²) in [4.78, 5) is 2.12. The van der Waals surface area contributed by atoms with Crippen LogP contribution in [-0.4, -0.2) is 30.4 Å². The van der Waals surface area contributed by atoms with Crippen LogP contribution in [0.3, 0.4) is 0 Å². The predicted octanol–water partition coefficient (Wildman–Crippen LogP) is 3.06. The molecule has 1 heterocycles. The number of aryl methyl sites for hydroxylation is 1. The highest BCUT2D eigenvalue weighted by atomic mass is 15.3. The Balaban J connectivity index is 2.26. The lowest BCUT2D eigenvalue weighted by Gasteiger charge is -2.19. The molecule has 0 radical (unpaired) electrons. The standard InChI is InChI=1S/C17H26N4/c1-5-11-18-17(15-12-19-21(6-2)13-15)14-7-9-16(10-8-14)20(3)4/h7-10,12-13,17-18H,5-6,11H2,1-4H3. The molecule has 0 aliphatic heterocycles. The highest BCUT2D eigenvalue weighted by Gasteiger charge is 2.15. The molecule has 0 saturated heterocycles. The Kier molecular flexibility index (Phi) is 5.39. The lowest BCUT2D eigenvalue weighted by atomic mass is 10.0. The molecule has 1 unspecified atom stereocenters. The van der Waals surface area contributed by atoms with Crippen LogP contribution in [0.4, 0.5) is 5.69 Å². The molecule has 0 aliphatic rings. The molecule has 1 atom stereocenters. The van der Waals surface area contributed by atoms with E-state index in [4.69, 9.17) is 0 Å². The highest BCUT2D eigenvalue weighted by molar-refractivity contribution is 5.47. The third-order valence-corrected chi connectivity index (χ3v) is 3.65. The highest BCUT2D eigenvalue weighted by Crippen LogP contribution is 2.24. The van der Waals surface area contributed by atoms with Crippen molar-refractivity contribution in [3.8, 4) is 0 Å². The predicted molar refractivity (Wildman–Crippen MR) is 88.8 cm³/mol. The number of nitrogens with zero attached hydrogens (tertiary/aromatic N) is 3. The van der Waals surface area contributed by atoms with Crippen LogP contribution in [-0.2, 0) is 6.54 Å². The van der Waals surface area contributed by atoms with E-state index >= 15 is 0 Å². The molecule has 0 bridgehead atoms. The zero-order valence-electron chi connectivity index (χ0n) is 13.5. The summed E-state index contributed by atoms with van der Waals surface area (Å²) < 4.78 is 1.98. The van der Waals surface area contributed by atoms with Crippen molar-refractivity contribution in [2.45, 2.75) is 32.9 Å². The van der Waals surface area contributed by atoms with Gasteiger partial charge in [-0.3, -0.25) is 4.68 Å². The average Bonchev–Trinajstić information content (AvgIpc) is 2.97. The van der Waals surface area contributed by atoms with Gasteiger partial charge in [0.15, 0.2) is 0 Å². The minimum atomic E-state index is 0.210. The van der Waals surface area contributed by atoms with Crippen molar-refractivity contribution in [3.63, 3.8) is 0 Å². The molecule has 114 valence electrons. The molecule has 4 heteroatoms. The van der Waals surface area contributed by atoms with Gasteiger partial charge in [0.2, 0.25) is 0 Å². The minimum Gasteiger partial charge on any atom is -0.378 e. The smallest absolute Gasteiger partial charge is 0.0607 e. The van der Waals surface area contributed by atoms with E-state index in [0.717, 1.165) is 19.5 Å². The second-order valence-electron chi connectivity index (χ2n) is 5.50. The SMILES string of the molecule is CCCNC(c1ccc(N(C)C)cc1)c1cnn(CC)c1. The molecule has 2 rings (SSSR count). The molecule has 0 saturated carbocycles. The number of anilines is 1. The van der Waals surface area contributed by atoms with Crippen molar-refractivity contribution < 1.29 is 0 Å².